The second-order valence-electron chi connectivity index (χ2n) is 16.3. The second kappa shape index (κ2) is 14.0. The highest BCUT2D eigenvalue weighted by Gasteiger charge is 2.56. The fourth-order valence-electron chi connectivity index (χ4n) is 5.12. The third-order valence-corrected chi connectivity index (χ3v) is 19.5. The van der Waals surface area contributed by atoms with Crippen LogP contribution in [0.1, 0.15) is 87.1 Å². The van der Waals surface area contributed by atoms with Crippen LogP contribution in [0.4, 0.5) is 13.2 Å². The van der Waals surface area contributed by atoms with Crippen LogP contribution in [0.5, 0.6) is 5.75 Å². The van der Waals surface area contributed by atoms with Gasteiger partial charge in [-0.1, -0.05) is 68.4 Å². The molecule has 0 spiro atoms. The van der Waals surface area contributed by atoms with Crippen molar-refractivity contribution in [1.82, 2.24) is 0 Å². The van der Waals surface area contributed by atoms with Gasteiger partial charge in [0.2, 0.25) is 0 Å². The highest BCUT2D eigenvalue weighted by atomic mass is 28.4. The van der Waals surface area contributed by atoms with Crippen LogP contribution >= 0.6 is 0 Å². The van der Waals surface area contributed by atoms with Crippen molar-refractivity contribution >= 4 is 32.4 Å². The van der Waals surface area contributed by atoms with Gasteiger partial charge in [0.05, 0.1) is 30.6 Å². The summed E-state index contributed by atoms with van der Waals surface area (Å²) in [6.45, 7) is 28.3. The molecule has 2 bridgehead atoms. The molecule has 1 aromatic carbocycles. The van der Waals surface area contributed by atoms with E-state index >= 15 is 0 Å². The summed E-state index contributed by atoms with van der Waals surface area (Å²) in [6, 6.07) is 4.92. The van der Waals surface area contributed by atoms with E-state index in [9.17, 15) is 18.0 Å². The minimum Gasteiger partial charge on any atom is -0.542 e. The number of carbonyl (C=O) groups excluding carboxylic acids is 1. The molecule has 6 nitrogen and oxygen atoms in total. The summed E-state index contributed by atoms with van der Waals surface area (Å²) < 4.78 is 72.8. The number of ether oxygens (including phenoxy) is 2. The van der Waals surface area contributed by atoms with Gasteiger partial charge in [0.15, 0.2) is 8.32 Å². The van der Waals surface area contributed by atoms with Gasteiger partial charge in [-0.25, -0.2) is 0 Å². The number of hydrogen-bond acceptors (Lipinski definition) is 6. The molecule has 0 aromatic heterocycles. The normalized spacial score (nSPS) is 23.4. The molecule has 1 aromatic rings. The molecule has 46 heavy (non-hydrogen) atoms. The zero-order valence-electron chi connectivity index (χ0n) is 30.0. The highest BCUT2D eigenvalue weighted by Crippen LogP contribution is 2.51. The maximum atomic E-state index is 13.4. The van der Waals surface area contributed by atoms with Crippen LogP contribution < -0.4 is 4.74 Å². The first-order chi connectivity index (χ1) is 20.8. The summed E-state index contributed by atoms with van der Waals surface area (Å²) in [5.74, 6) is 0.839. The number of halogens is 3. The third-order valence-electron chi connectivity index (χ3n) is 9.73. The number of carbonyl (C=O) groups is 1. The standard InChI is InChI=1S/C34H55F3O6Si3/c1-31(2,3)44(10)41-25(17-18-39-23-16-14-15-22(19-23)34(35,36)37)30(42-45(11)32(4,5)6)29-24-20-28(38)40-27(29)21-26(24)43-46(12,13)33(7,8)9/h14-16,19,24,26-27,29H,17-18,20-21H2,1-13H3/b30-25+. The number of hydrogen-bond donors (Lipinski definition) is 0. The van der Waals surface area contributed by atoms with Crippen molar-refractivity contribution < 1.29 is 40.7 Å². The van der Waals surface area contributed by atoms with Crippen molar-refractivity contribution in [1.29, 1.82) is 0 Å². The summed E-state index contributed by atoms with van der Waals surface area (Å²) in [7, 11) is -5.04. The first kappa shape index (κ1) is 38.7. The Labute approximate surface area is 279 Å². The number of rotatable bonds is 11. The summed E-state index contributed by atoms with van der Waals surface area (Å²) in [5.41, 5.74) is -0.760. The molecule has 1 aliphatic heterocycles. The number of benzene rings is 1. The molecule has 4 unspecified atom stereocenters. The Kier molecular flexibility index (Phi) is 11.8. The maximum Gasteiger partial charge on any atom is 0.416 e. The molecule has 0 N–H and O–H groups in total. The Morgan fingerprint density at radius 2 is 1.54 bits per heavy atom. The molecule has 0 amide bonds. The lowest BCUT2D eigenvalue weighted by atomic mass is 9.86. The Morgan fingerprint density at radius 3 is 2.09 bits per heavy atom. The van der Waals surface area contributed by atoms with Crippen LogP contribution in [0.25, 0.3) is 0 Å². The molecule has 12 heteroatoms. The van der Waals surface area contributed by atoms with Gasteiger partial charge in [-0.05, 0) is 59.5 Å². The third kappa shape index (κ3) is 9.65. The van der Waals surface area contributed by atoms with Gasteiger partial charge in [-0.15, -0.1) is 0 Å². The minimum atomic E-state index is -4.46. The van der Waals surface area contributed by atoms with Gasteiger partial charge in [-0.2, -0.15) is 13.2 Å². The van der Waals surface area contributed by atoms with Crippen molar-refractivity contribution in [3.8, 4) is 5.75 Å². The summed E-state index contributed by atoms with van der Waals surface area (Å²) in [4.78, 5) is 12.8. The van der Waals surface area contributed by atoms with Gasteiger partial charge >= 0.3 is 12.1 Å². The first-order valence-corrected chi connectivity index (χ1v) is 23.0. The van der Waals surface area contributed by atoms with Gasteiger partial charge in [-0.3, -0.25) is 4.79 Å². The molecule has 4 atom stereocenters. The SMILES string of the molecule is C[Si](O/C(CCOc1cccc(C(F)(F)F)c1)=C(/O[Si](C)C(C)(C)C)C1C2CC(O[Si](C)(C)C(C)(C)C)C1CC(=O)O2)C(C)(C)C. The molecule has 2 fully saturated rings. The zero-order chi connectivity index (χ0) is 35.0. The average Bonchev–Trinajstić information content (AvgIpc) is 3.09. The van der Waals surface area contributed by atoms with E-state index in [2.05, 4.69) is 88.5 Å². The van der Waals surface area contributed by atoms with Crippen LogP contribution in [-0.4, -0.2) is 51.2 Å². The van der Waals surface area contributed by atoms with Crippen molar-refractivity contribution in [2.75, 3.05) is 6.61 Å². The Hall–Kier alpha value is -1.77. The Balaban J connectivity index is 2.08. The second-order valence-corrected chi connectivity index (χ2v) is 26.7. The lowest BCUT2D eigenvalue weighted by Crippen LogP contribution is -2.46. The highest BCUT2D eigenvalue weighted by molar-refractivity contribution is 6.74. The zero-order valence-corrected chi connectivity index (χ0v) is 33.0. The smallest absolute Gasteiger partial charge is 0.416 e. The van der Waals surface area contributed by atoms with E-state index in [-0.39, 0.29) is 57.8 Å². The van der Waals surface area contributed by atoms with E-state index < -0.39 is 44.2 Å². The molecular formula is C34H55F3O6Si3. The van der Waals surface area contributed by atoms with Crippen molar-refractivity contribution in [3.05, 3.63) is 41.3 Å². The van der Waals surface area contributed by atoms with Crippen LogP contribution in [0, 0.1) is 11.8 Å². The molecule has 1 saturated heterocycles. The molecule has 2 aliphatic rings. The quantitative estimate of drug-likeness (QED) is 0.130. The summed E-state index contributed by atoms with van der Waals surface area (Å²) in [6.07, 6.45) is -3.95. The van der Waals surface area contributed by atoms with Gasteiger partial charge < -0.3 is 22.8 Å². The van der Waals surface area contributed by atoms with E-state index in [0.29, 0.717) is 24.4 Å². The average molecular weight is 701 g/mol. The predicted molar refractivity (Wildman–Crippen MR) is 182 cm³/mol. The van der Waals surface area contributed by atoms with Crippen LogP contribution in [0.15, 0.2) is 35.8 Å². The van der Waals surface area contributed by atoms with Gasteiger partial charge in [0.1, 0.15) is 23.4 Å². The number of alkyl halides is 3. The number of fused-ring (bicyclic) bond motifs is 2. The maximum absolute atomic E-state index is 13.4. The van der Waals surface area contributed by atoms with E-state index in [1.807, 2.05) is 0 Å². The van der Waals surface area contributed by atoms with Crippen molar-refractivity contribution in [2.24, 2.45) is 11.8 Å². The fourth-order valence-corrected chi connectivity index (χ4v) is 8.26. The topological polar surface area (TPSA) is 63.2 Å². The number of esters is 1. The van der Waals surface area contributed by atoms with Crippen LogP contribution in [-0.2, 0) is 29.0 Å². The van der Waals surface area contributed by atoms with Crippen molar-refractivity contribution in [3.63, 3.8) is 0 Å². The first-order valence-electron chi connectivity index (χ1n) is 16.3. The van der Waals surface area contributed by atoms with Crippen LogP contribution in [0.2, 0.25) is 41.3 Å². The summed E-state index contributed by atoms with van der Waals surface area (Å²) >= 11 is 0. The molecule has 1 heterocycles. The molecule has 1 saturated carbocycles. The van der Waals surface area contributed by atoms with Crippen LogP contribution in [0.3, 0.4) is 0 Å². The monoisotopic (exact) mass is 700 g/mol. The van der Waals surface area contributed by atoms with Gasteiger partial charge in [0.25, 0.3) is 18.1 Å². The summed E-state index contributed by atoms with van der Waals surface area (Å²) in [5, 5.41) is -0.230. The van der Waals surface area contributed by atoms with E-state index in [1.165, 1.54) is 12.1 Å². The molecule has 2 radical (unpaired) electrons. The lowest BCUT2D eigenvalue weighted by Gasteiger charge is -2.41. The molecule has 1 aliphatic carbocycles. The predicted octanol–water partition coefficient (Wildman–Crippen LogP) is 9.90. The van der Waals surface area contributed by atoms with Gasteiger partial charge in [0, 0.05) is 18.8 Å². The molecule has 3 rings (SSSR count). The molecular weight excluding hydrogens is 646 g/mol. The Bertz CT molecular complexity index is 1250. The fraction of sp³-hybridized carbons (Fsp3) is 0.735. The van der Waals surface area contributed by atoms with E-state index in [1.54, 1.807) is 0 Å². The Morgan fingerprint density at radius 1 is 0.957 bits per heavy atom. The largest absolute Gasteiger partial charge is 0.542 e. The lowest BCUT2D eigenvalue weighted by molar-refractivity contribution is -0.157. The van der Waals surface area contributed by atoms with E-state index in [4.69, 9.17) is 22.8 Å². The molecule has 260 valence electrons. The van der Waals surface area contributed by atoms with E-state index in [0.717, 1.165) is 12.1 Å². The van der Waals surface area contributed by atoms with Crippen molar-refractivity contribution in [2.45, 2.75) is 141 Å². The minimum absolute atomic E-state index is 0.00762.